The van der Waals surface area contributed by atoms with Gasteiger partial charge in [0.05, 0.1) is 49.5 Å². The van der Waals surface area contributed by atoms with Crippen LogP contribution in [0.5, 0.6) is 5.75 Å². The normalized spacial score (nSPS) is 10.4. The number of fused-ring (bicyclic) bond motifs is 1. The summed E-state index contributed by atoms with van der Waals surface area (Å²) < 4.78 is 7.27. The van der Waals surface area contributed by atoms with E-state index < -0.39 is 0 Å². The van der Waals surface area contributed by atoms with E-state index in [2.05, 4.69) is 26.3 Å². The molecule has 0 saturated carbocycles. The van der Waals surface area contributed by atoms with Gasteiger partial charge in [0.2, 0.25) is 0 Å². The van der Waals surface area contributed by atoms with Crippen molar-refractivity contribution < 1.29 is 4.74 Å². The van der Waals surface area contributed by atoms with Crippen LogP contribution in [-0.2, 0) is 13.5 Å². The summed E-state index contributed by atoms with van der Waals surface area (Å²) in [6.07, 6.45) is 5.34. The molecule has 110 valence electrons. The lowest BCUT2D eigenvalue weighted by atomic mass is 10.2. The molecule has 7 nitrogen and oxygen atoms in total. The maximum atomic E-state index is 8.73. The number of anilines is 2. The van der Waals surface area contributed by atoms with Crippen molar-refractivity contribution in [2.45, 2.75) is 6.42 Å². The first-order chi connectivity index (χ1) is 10.7. The number of aryl methyl sites for hydroxylation is 1. The van der Waals surface area contributed by atoms with Gasteiger partial charge in [0.25, 0.3) is 0 Å². The van der Waals surface area contributed by atoms with Crippen LogP contribution in [0.4, 0.5) is 11.5 Å². The van der Waals surface area contributed by atoms with Crippen LogP contribution in [0.2, 0.25) is 0 Å². The molecular weight excluding hydrogens is 280 g/mol. The molecule has 0 fully saturated rings. The Morgan fingerprint density at radius 3 is 2.91 bits per heavy atom. The quantitative estimate of drug-likeness (QED) is 0.793. The summed E-state index contributed by atoms with van der Waals surface area (Å²) in [5.74, 6) is 1.29. The smallest absolute Gasteiger partial charge is 0.145 e. The average Bonchev–Trinajstić information content (AvgIpc) is 2.90. The van der Waals surface area contributed by atoms with Crippen molar-refractivity contribution >= 4 is 22.5 Å². The molecule has 0 bridgehead atoms. The molecule has 0 spiro atoms. The van der Waals surface area contributed by atoms with Gasteiger partial charge in [-0.15, -0.1) is 0 Å². The maximum absolute atomic E-state index is 8.73. The van der Waals surface area contributed by atoms with E-state index in [1.807, 2.05) is 17.7 Å². The van der Waals surface area contributed by atoms with Gasteiger partial charge in [-0.2, -0.15) is 5.26 Å². The number of nitrogens with one attached hydrogen (secondary N) is 1. The summed E-state index contributed by atoms with van der Waals surface area (Å²) in [4.78, 5) is 12.8. The maximum Gasteiger partial charge on any atom is 0.145 e. The van der Waals surface area contributed by atoms with Crippen LogP contribution < -0.4 is 10.1 Å². The number of rotatable bonds is 4. The lowest BCUT2D eigenvalue weighted by Crippen LogP contribution is -2.00. The molecule has 0 amide bonds. The number of pyridine rings is 2. The minimum atomic E-state index is 0.246. The van der Waals surface area contributed by atoms with Crippen LogP contribution in [0.15, 0.2) is 30.9 Å². The van der Waals surface area contributed by atoms with E-state index in [1.54, 1.807) is 31.9 Å². The summed E-state index contributed by atoms with van der Waals surface area (Å²) in [6, 6.07) is 5.72. The molecule has 0 atom stereocenters. The Morgan fingerprint density at radius 1 is 1.27 bits per heavy atom. The monoisotopic (exact) mass is 294 g/mol. The second-order valence-corrected chi connectivity index (χ2v) is 4.75. The van der Waals surface area contributed by atoms with Gasteiger partial charge in [-0.25, -0.2) is 9.97 Å². The van der Waals surface area contributed by atoms with Crippen molar-refractivity contribution in [2.75, 3.05) is 12.4 Å². The minimum Gasteiger partial charge on any atom is -0.494 e. The van der Waals surface area contributed by atoms with Gasteiger partial charge in [0, 0.05) is 19.2 Å². The molecule has 3 heterocycles. The second kappa shape index (κ2) is 5.69. The highest BCUT2D eigenvalue weighted by Gasteiger charge is 2.08. The molecule has 0 aliphatic carbocycles. The highest BCUT2D eigenvalue weighted by Crippen LogP contribution is 2.27. The molecule has 0 aliphatic rings. The molecule has 0 aliphatic heterocycles. The topological polar surface area (TPSA) is 88.7 Å². The molecule has 1 N–H and O–H groups in total. The predicted molar refractivity (Wildman–Crippen MR) is 81.9 cm³/mol. The molecule has 0 unspecified atom stereocenters. The highest BCUT2D eigenvalue weighted by atomic mass is 16.5. The SMILES string of the molecule is COc1cc(CC#N)ncc1Nc1cc2c(cn1)ncn2C. The number of nitrogens with zero attached hydrogens (tertiary/aromatic N) is 5. The number of hydrogen-bond donors (Lipinski definition) is 1. The third-order valence-corrected chi connectivity index (χ3v) is 3.28. The van der Waals surface area contributed by atoms with E-state index in [0.29, 0.717) is 22.9 Å². The Morgan fingerprint density at radius 2 is 2.14 bits per heavy atom. The molecule has 7 heteroatoms. The van der Waals surface area contributed by atoms with Gasteiger partial charge < -0.3 is 14.6 Å². The number of imidazole rings is 1. The van der Waals surface area contributed by atoms with Crippen molar-refractivity contribution in [3.63, 3.8) is 0 Å². The summed E-state index contributed by atoms with van der Waals surface area (Å²) in [7, 11) is 3.51. The third-order valence-electron chi connectivity index (χ3n) is 3.28. The molecule has 0 aromatic carbocycles. The highest BCUT2D eigenvalue weighted by molar-refractivity contribution is 5.78. The van der Waals surface area contributed by atoms with Gasteiger partial charge in [0.15, 0.2) is 0 Å². The Labute approximate surface area is 127 Å². The van der Waals surface area contributed by atoms with Crippen LogP contribution in [0, 0.1) is 11.3 Å². The number of methoxy groups -OCH3 is 1. The van der Waals surface area contributed by atoms with Crippen LogP contribution in [0.25, 0.3) is 11.0 Å². The zero-order valence-corrected chi connectivity index (χ0v) is 12.2. The number of aromatic nitrogens is 4. The summed E-state index contributed by atoms with van der Waals surface area (Å²) in [5, 5.41) is 11.9. The average molecular weight is 294 g/mol. The van der Waals surface area contributed by atoms with Crippen LogP contribution in [-0.4, -0.2) is 26.6 Å². The van der Waals surface area contributed by atoms with Gasteiger partial charge in [-0.1, -0.05) is 0 Å². The second-order valence-electron chi connectivity index (χ2n) is 4.75. The fourth-order valence-corrected chi connectivity index (χ4v) is 2.15. The Bertz CT molecular complexity index is 864. The van der Waals surface area contributed by atoms with Crippen LogP contribution >= 0.6 is 0 Å². The van der Waals surface area contributed by atoms with E-state index in [4.69, 9.17) is 10.00 Å². The molecule has 0 radical (unpaired) electrons. The molecule has 22 heavy (non-hydrogen) atoms. The summed E-state index contributed by atoms with van der Waals surface area (Å²) in [5.41, 5.74) is 3.17. The number of hydrogen-bond acceptors (Lipinski definition) is 6. The first kappa shape index (κ1) is 13.8. The van der Waals surface area contributed by atoms with Crippen molar-refractivity contribution in [3.05, 3.63) is 36.5 Å². The van der Waals surface area contributed by atoms with E-state index in [1.165, 1.54) is 0 Å². The Hall–Kier alpha value is -3.14. The molecule has 3 aromatic heterocycles. The fourth-order valence-electron chi connectivity index (χ4n) is 2.15. The van der Waals surface area contributed by atoms with E-state index in [9.17, 15) is 0 Å². The van der Waals surface area contributed by atoms with Crippen molar-refractivity contribution in [1.29, 1.82) is 5.26 Å². The Balaban J connectivity index is 1.93. The first-order valence-corrected chi connectivity index (χ1v) is 6.65. The lowest BCUT2D eigenvalue weighted by Gasteiger charge is -2.11. The van der Waals surface area contributed by atoms with Gasteiger partial charge in [-0.05, 0) is 0 Å². The van der Waals surface area contributed by atoms with Crippen molar-refractivity contribution in [1.82, 2.24) is 19.5 Å². The zero-order valence-electron chi connectivity index (χ0n) is 12.2. The fraction of sp³-hybridized carbons (Fsp3) is 0.200. The lowest BCUT2D eigenvalue weighted by molar-refractivity contribution is 0.415. The summed E-state index contributed by atoms with van der Waals surface area (Å²) in [6.45, 7) is 0. The van der Waals surface area contributed by atoms with Crippen LogP contribution in [0.3, 0.4) is 0 Å². The molecular formula is C15H14N6O. The van der Waals surface area contributed by atoms with Gasteiger partial charge >= 0.3 is 0 Å². The predicted octanol–water partition coefficient (Wildman–Crippen LogP) is 2.18. The van der Waals surface area contributed by atoms with Crippen molar-refractivity contribution in [2.24, 2.45) is 7.05 Å². The van der Waals surface area contributed by atoms with Gasteiger partial charge in [-0.3, -0.25) is 4.98 Å². The zero-order chi connectivity index (χ0) is 15.5. The molecule has 0 saturated heterocycles. The van der Waals surface area contributed by atoms with Crippen LogP contribution in [0.1, 0.15) is 5.69 Å². The third kappa shape index (κ3) is 2.54. The number of nitriles is 1. The van der Waals surface area contributed by atoms with E-state index in [-0.39, 0.29) is 6.42 Å². The van der Waals surface area contributed by atoms with Gasteiger partial charge in [0.1, 0.15) is 22.8 Å². The molecule has 3 rings (SSSR count). The largest absolute Gasteiger partial charge is 0.494 e. The van der Waals surface area contributed by atoms with E-state index >= 15 is 0 Å². The molecule has 3 aromatic rings. The number of ether oxygens (including phenoxy) is 1. The van der Waals surface area contributed by atoms with Crippen molar-refractivity contribution in [3.8, 4) is 11.8 Å². The minimum absolute atomic E-state index is 0.246. The first-order valence-electron chi connectivity index (χ1n) is 6.65. The van der Waals surface area contributed by atoms with E-state index in [0.717, 1.165) is 11.0 Å². The standard InChI is InChI=1S/C15H14N6O/c1-21-9-19-11-7-18-15(6-13(11)21)20-12-8-17-10(3-4-16)5-14(12)22-2/h5-9H,3H2,1-2H3,(H,18,20). The summed E-state index contributed by atoms with van der Waals surface area (Å²) >= 11 is 0. The Kier molecular flexibility index (Phi) is 3.58.